The Bertz CT molecular complexity index is 473. The number of benzene rings is 1. The largest absolute Gasteiger partial charge is 0.407 e. The summed E-state index contributed by atoms with van der Waals surface area (Å²) >= 11 is 0. The molecule has 1 aromatic rings. The molecule has 0 amide bonds. The quantitative estimate of drug-likeness (QED) is 0.592. The van der Waals surface area contributed by atoms with Crippen LogP contribution in [0.25, 0.3) is 0 Å². The molecule has 1 nitrogen and oxygen atoms in total. The molecule has 0 radical (unpaired) electrons. The van der Waals surface area contributed by atoms with Gasteiger partial charge in [0.2, 0.25) is 5.92 Å². The van der Waals surface area contributed by atoms with E-state index in [1.54, 1.807) is 0 Å². The first-order chi connectivity index (χ1) is 8.44. The van der Waals surface area contributed by atoms with Gasteiger partial charge in [-0.05, 0) is 24.6 Å². The van der Waals surface area contributed by atoms with Crippen molar-refractivity contribution in [2.75, 3.05) is 0 Å². The van der Waals surface area contributed by atoms with E-state index in [1.807, 2.05) is 0 Å². The number of carbonyl (C=O) groups is 1. The van der Waals surface area contributed by atoms with Crippen LogP contribution >= 0.6 is 0 Å². The molecule has 1 aromatic carbocycles. The molecule has 106 valence electrons. The summed E-state index contributed by atoms with van der Waals surface area (Å²) in [4.78, 5) is 11.4. The van der Waals surface area contributed by atoms with Crippen molar-refractivity contribution < 1.29 is 35.5 Å². The molecule has 0 aromatic heterocycles. The topological polar surface area (TPSA) is 17.1 Å². The van der Waals surface area contributed by atoms with Gasteiger partial charge in [0.1, 0.15) is 5.82 Å². The molecule has 0 atom stereocenters. The van der Waals surface area contributed by atoms with Gasteiger partial charge in [0.15, 0.2) is 5.78 Å². The summed E-state index contributed by atoms with van der Waals surface area (Å²) in [5, 5.41) is 0. The molecule has 0 aliphatic rings. The number of hydrogen-bond acceptors (Lipinski definition) is 1. The second-order valence-electron chi connectivity index (χ2n) is 3.84. The Morgan fingerprint density at radius 1 is 1.05 bits per heavy atom. The van der Waals surface area contributed by atoms with Crippen LogP contribution in [0.3, 0.4) is 0 Å². The molecular formula is C11H7F7O. The summed E-state index contributed by atoms with van der Waals surface area (Å²) in [6.45, 7) is 1.12. The van der Waals surface area contributed by atoms with Gasteiger partial charge in [-0.25, -0.2) is 4.39 Å². The summed E-state index contributed by atoms with van der Waals surface area (Å²) < 4.78 is 86.9. The fourth-order valence-electron chi connectivity index (χ4n) is 1.50. The first-order valence-corrected chi connectivity index (χ1v) is 4.88. The highest BCUT2D eigenvalue weighted by molar-refractivity contribution is 6.00. The Morgan fingerprint density at radius 3 is 1.95 bits per heavy atom. The molecule has 8 heteroatoms. The van der Waals surface area contributed by atoms with E-state index in [1.165, 1.54) is 0 Å². The summed E-state index contributed by atoms with van der Waals surface area (Å²) in [5.41, 5.74) is -1.09. The van der Waals surface area contributed by atoms with Gasteiger partial charge >= 0.3 is 12.4 Å². The van der Waals surface area contributed by atoms with Crippen molar-refractivity contribution >= 4 is 5.78 Å². The van der Waals surface area contributed by atoms with Crippen molar-refractivity contribution in [1.29, 1.82) is 0 Å². The number of carbonyl (C=O) groups excluding carboxylic acids is 1. The fraction of sp³-hybridized carbons (Fsp3) is 0.364. The zero-order chi connectivity index (χ0) is 15.0. The fourth-order valence-corrected chi connectivity index (χ4v) is 1.50. The van der Waals surface area contributed by atoms with Crippen molar-refractivity contribution in [2.24, 2.45) is 5.92 Å². The van der Waals surface area contributed by atoms with Crippen LogP contribution in [-0.2, 0) is 0 Å². The third-order valence-corrected chi connectivity index (χ3v) is 2.38. The molecule has 1 rings (SSSR count). The molecule has 0 saturated carbocycles. The number of hydrogen-bond donors (Lipinski definition) is 0. The van der Waals surface area contributed by atoms with E-state index >= 15 is 0 Å². The van der Waals surface area contributed by atoms with Crippen LogP contribution in [0, 0.1) is 18.7 Å². The van der Waals surface area contributed by atoms with Crippen LogP contribution < -0.4 is 0 Å². The predicted octanol–water partition coefficient (Wildman–Crippen LogP) is 4.06. The summed E-state index contributed by atoms with van der Waals surface area (Å²) in [7, 11) is 0. The molecule has 0 fully saturated rings. The zero-order valence-corrected chi connectivity index (χ0v) is 9.36. The van der Waals surface area contributed by atoms with Gasteiger partial charge in [0, 0.05) is 5.56 Å². The smallest absolute Gasteiger partial charge is 0.293 e. The van der Waals surface area contributed by atoms with Crippen molar-refractivity contribution in [3.63, 3.8) is 0 Å². The highest BCUT2D eigenvalue weighted by Gasteiger charge is 2.61. The molecule has 0 saturated heterocycles. The van der Waals surface area contributed by atoms with Crippen molar-refractivity contribution in [3.8, 4) is 0 Å². The van der Waals surface area contributed by atoms with Crippen molar-refractivity contribution in [3.05, 3.63) is 35.1 Å². The van der Waals surface area contributed by atoms with Crippen molar-refractivity contribution in [2.45, 2.75) is 19.3 Å². The minimum atomic E-state index is -5.78. The van der Waals surface area contributed by atoms with Crippen LogP contribution in [0.5, 0.6) is 0 Å². The van der Waals surface area contributed by atoms with Crippen LogP contribution in [0.1, 0.15) is 15.9 Å². The van der Waals surface area contributed by atoms with E-state index in [2.05, 4.69) is 0 Å². The van der Waals surface area contributed by atoms with Gasteiger partial charge < -0.3 is 0 Å². The minimum Gasteiger partial charge on any atom is -0.293 e. The van der Waals surface area contributed by atoms with E-state index < -0.39 is 35.4 Å². The standard InChI is InChI=1S/C11H7F7O/c1-5-2-3-6(12)4-7(5)8(19)9(10(13,14)15)11(16,17)18/h2-4,9H,1H3. The van der Waals surface area contributed by atoms with Gasteiger partial charge in [-0.2, -0.15) is 26.3 Å². The van der Waals surface area contributed by atoms with Gasteiger partial charge in [-0.15, -0.1) is 0 Å². The number of aryl methyl sites for hydroxylation is 1. The summed E-state index contributed by atoms with van der Waals surface area (Å²) in [5.74, 6) is -7.45. The Morgan fingerprint density at radius 2 is 1.53 bits per heavy atom. The highest BCUT2D eigenvalue weighted by atomic mass is 19.4. The van der Waals surface area contributed by atoms with Crippen LogP contribution in [-0.4, -0.2) is 18.1 Å². The molecule has 19 heavy (non-hydrogen) atoms. The normalized spacial score (nSPS) is 12.9. The van der Waals surface area contributed by atoms with Gasteiger partial charge in [-0.1, -0.05) is 6.07 Å². The second-order valence-corrected chi connectivity index (χ2v) is 3.84. The Kier molecular flexibility index (Phi) is 3.92. The average molecular weight is 288 g/mol. The van der Waals surface area contributed by atoms with Crippen LogP contribution in [0.15, 0.2) is 18.2 Å². The van der Waals surface area contributed by atoms with Gasteiger partial charge in [0.25, 0.3) is 0 Å². The molecule has 0 heterocycles. The van der Waals surface area contributed by atoms with Crippen molar-refractivity contribution in [1.82, 2.24) is 0 Å². The lowest BCUT2D eigenvalue weighted by Gasteiger charge is -2.22. The van der Waals surface area contributed by atoms with Gasteiger partial charge in [-0.3, -0.25) is 4.79 Å². The molecule has 0 aliphatic heterocycles. The number of alkyl halides is 6. The van der Waals surface area contributed by atoms with Crippen LogP contribution in [0.2, 0.25) is 0 Å². The Labute approximate surface area is 103 Å². The molecule has 0 aliphatic carbocycles. The maximum atomic E-state index is 12.8. The van der Waals surface area contributed by atoms with E-state index in [4.69, 9.17) is 0 Å². The van der Waals surface area contributed by atoms with Gasteiger partial charge in [0.05, 0.1) is 0 Å². The number of rotatable bonds is 2. The molecular weight excluding hydrogens is 281 g/mol. The second kappa shape index (κ2) is 4.82. The number of Topliss-reactive ketones (excluding diaryl/α,β-unsaturated/α-hetero) is 1. The third kappa shape index (κ3) is 3.45. The first-order valence-electron chi connectivity index (χ1n) is 4.88. The maximum absolute atomic E-state index is 12.8. The molecule has 0 spiro atoms. The third-order valence-electron chi connectivity index (χ3n) is 2.38. The number of ketones is 1. The lowest BCUT2D eigenvalue weighted by molar-refractivity contribution is -0.264. The molecule has 0 N–H and O–H groups in total. The predicted molar refractivity (Wildman–Crippen MR) is 51.1 cm³/mol. The SMILES string of the molecule is Cc1ccc(F)cc1C(=O)C(C(F)(F)F)C(F)(F)F. The minimum absolute atomic E-state index is 0.162. The first kappa shape index (κ1) is 15.5. The van der Waals surface area contributed by atoms with Crippen LogP contribution in [0.4, 0.5) is 30.7 Å². The maximum Gasteiger partial charge on any atom is 0.407 e. The lowest BCUT2D eigenvalue weighted by Crippen LogP contribution is -2.42. The highest BCUT2D eigenvalue weighted by Crippen LogP contribution is 2.41. The monoisotopic (exact) mass is 288 g/mol. The Balaban J connectivity index is 3.32. The number of halogens is 7. The van der Waals surface area contributed by atoms with E-state index in [-0.39, 0.29) is 5.56 Å². The van der Waals surface area contributed by atoms with E-state index in [0.29, 0.717) is 6.07 Å². The molecule has 0 unspecified atom stereocenters. The van der Waals surface area contributed by atoms with E-state index in [0.717, 1.165) is 19.1 Å². The average Bonchev–Trinajstić information content (AvgIpc) is 2.17. The summed E-state index contributed by atoms with van der Waals surface area (Å²) in [6, 6.07) is 2.14. The summed E-state index contributed by atoms with van der Waals surface area (Å²) in [6.07, 6.45) is -11.6. The van der Waals surface area contributed by atoms with E-state index in [9.17, 15) is 35.5 Å². The lowest BCUT2D eigenvalue weighted by atomic mass is 9.93. The zero-order valence-electron chi connectivity index (χ0n) is 9.36. The Hall–Kier alpha value is -1.60. The molecule has 0 bridgehead atoms.